The Labute approximate surface area is 185 Å². The summed E-state index contributed by atoms with van der Waals surface area (Å²) in [4.78, 5) is 15.3. The van der Waals surface area contributed by atoms with Crippen LogP contribution in [0.3, 0.4) is 0 Å². The molecule has 2 amide bonds. The standard InChI is InChI=1S/C27H33N3O/c1-22-10-8-13-24(18-22)20-29-17-9-16-26(29)21-30(25-14-6-3-7-15-25)27(31)28-19-23-11-4-2-5-12-23/h2,4-5,8-13,16-18,25H,3,6-7,14-15,19-21H2,1H3,(H,28,31). The summed E-state index contributed by atoms with van der Waals surface area (Å²) in [5, 5.41) is 3.16. The maximum absolute atomic E-state index is 13.3. The van der Waals surface area contributed by atoms with Gasteiger partial charge in [-0.05, 0) is 43.0 Å². The first-order valence-electron chi connectivity index (χ1n) is 11.5. The highest BCUT2D eigenvalue weighted by atomic mass is 16.2. The zero-order valence-corrected chi connectivity index (χ0v) is 18.5. The van der Waals surface area contributed by atoms with Crippen molar-refractivity contribution in [2.75, 3.05) is 0 Å². The predicted octanol–water partition coefficient (Wildman–Crippen LogP) is 5.89. The average Bonchev–Trinajstić information content (AvgIpc) is 3.23. The lowest BCUT2D eigenvalue weighted by Gasteiger charge is -2.34. The van der Waals surface area contributed by atoms with Crippen molar-refractivity contribution in [2.45, 2.75) is 64.7 Å². The number of carbonyl (C=O) groups is 1. The number of nitrogens with one attached hydrogen (secondary N) is 1. The molecule has 0 spiro atoms. The van der Waals surface area contributed by atoms with Crippen molar-refractivity contribution < 1.29 is 4.79 Å². The van der Waals surface area contributed by atoms with Gasteiger partial charge in [-0.2, -0.15) is 0 Å². The van der Waals surface area contributed by atoms with E-state index < -0.39 is 0 Å². The molecule has 1 aliphatic carbocycles. The number of aryl methyl sites for hydroxylation is 1. The van der Waals surface area contributed by atoms with Gasteiger partial charge >= 0.3 is 6.03 Å². The molecule has 1 N–H and O–H groups in total. The molecule has 1 fully saturated rings. The quantitative estimate of drug-likeness (QED) is 0.513. The molecule has 0 radical (unpaired) electrons. The molecule has 0 aliphatic heterocycles. The molecule has 1 saturated carbocycles. The van der Waals surface area contributed by atoms with Gasteiger partial charge in [0.2, 0.25) is 0 Å². The molecule has 1 aliphatic rings. The molecule has 4 rings (SSSR count). The van der Waals surface area contributed by atoms with Gasteiger partial charge < -0.3 is 14.8 Å². The van der Waals surface area contributed by atoms with Crippen LogP contribution in [-0.2, 0) is 19.6 Å². The molecule has 31 heavy (non-hydrogen) atoms. The fourth-order valence-electron chi connectivity index (χ4n) is 4.56. The molecule has 4 nitrogen and oxygen atoms in total. The lowest BCUT2D eigenvalue weighted by atomic mass is 9.94. The molecule has 0 unspecified atom stereocenters. The minimum Gasteiger partial charge on any atom is -0.345 e. The zero-order valence-electron chi connectivity index (χ0n) is 18.5. The second-order valence-corrected chi connectivity index (χ2v) is 8.68. The number of urea groups is 1. The number of amides is 2. The first-order chi connectivity index (χ1) is 15.2. The molecule has 4 heteroatoms. The topological polar surface area (TPSA) is 37.3 Å². The van der Waals surface area contributed by atoms with Crippen molar-refractivity contribution in [3.8, 4) is 0 Å². The molecule has 0 bridgehead atoms. The van der Waals surface area contributed by atoms with Crippen LogP contribution in [-0.4, -0.2) is 21.5 Å². The fraction of sp³-hybridized carbons (Fsp3) is 0.370. The van der Waals surface area contributed by atoms with E-state index in [4.69, 9.17) is 0 Å². The Morgan fingerprint density at radius 2 is 1.74 bits per heavy atom. The number of carbonyl (C=O) groups excluding carboxylic acids is 1. The van der Waals surface area contributed by atoms with Crippen molar-refractivity contribution in [3.05, 3.63) is 95.3 Å². The van der Waals surface area contributed by atoms with Gasteiger partial charge in [0, 0.05) is 31.0 Å². The molecule has 162 valence electrons. The summed E-state index contributed by atoms with van der Waals surface area (Å²) in [5.74, 6) is 0. The van der Waals surface area contributed by atoms with E-state index in [1.807, 2.05) is 18.2 Å². The first-order valence-corrected chi connectivity index (χ1v) is 11.5. The van der Waals surface area contributed by atoms with Crippen molar-refractivity contribution in [1.29, 1.82) is 0 Å². The van der Waals surface area contributed by atoms with E-state index in [-0.39, 0.29) is 6.03 Å². The van der Waals surface area contributed by atoms with Crippen LogP contribution in [0.15, 0.2) is 72.9 Å². The van der Waals surface area contributed by atoms with Crippen molar-refractivity contribution in [1.82, 2.24) is 14.8 Å². The number of nitrogens with zero attached hydrogens (tertiary/aromatic N) is 2. The minimum atomic E-state index is 0.0408. The smallest absolute Gasteiger partial charge is 0.318 e. The van der Waals surface area contributed by atoms with Gasteiger partial charge in [0.25, 0.3) is 0 Å². The summed E-state index contributed by atoms with van der Waals surface area (Å²) >= 11 is 0. The van der Waals surface area contributed by atoms with E-state index in [9.17, 15) is 4.79 Å². The second kappa shape index (κ2) is 10.3. The Morgan fingerprint density at radius 3 is 2.52 bits per heavy atom. The van der Waals surface area contributed by atoms with Crippen LogP contribution in [0.2, 0.25) is 0 Å². The second-order valence-electron chi connectivity index (χ2n) is 8.68. The third-order valence-electron chi connectivity index (χ3n) is 6.25. The molecule has 0 atom stereocenters. The fourth-order valence-corrected chi connectivity index (χ4v) is 4.56. The molecule has 0 saturated heterocycles. The van der Waals surface area contributed by atoms with Gasteiger partial charge in [-0.15, -0.1) is 0 Å². The zero-order chi connectivity index (χ0) is 21.5. The van der Waals surface area contributed by atoms with E-state index in [2.05, 4.69) is 76.4 Å². The van der Waals surface area contributed by atoms with Gasteiger partial charge in [-0.25, -0.2) is 4.79 Å². The number of benzene rings is 2. The van der Waals surface area contributed by atoms with E-state index in [0.29, 0.717) is 19.1 Å². The average molecular weight is 416 g/mol. The Bertz CT molecular complexity index is 973. The molecule has 1 aromatic heterocycles. The summed E-state index contributed by atoms with van der Waals surface area (Å²) < 4.78 is 2.27. The van der Waals surface area contributed by atoms with Crippen LogP contribution in [0, 0.1) is 6.92 Å². The molecular weight excluding hydrogens is 382 g/mol. The van der Waals surface area contributed by atoms with Gasteiger partial charge in [-0.3, -0.25) is 0 Å². The Kier molecular flexibility index (Phi) is 7.08. The Balaban J connectivity index is 1.48. The monoisotopic (exact) mass is 415 g/mol. The Hall–Kier alpha value is -3.01. The van der Waals surface area contributed by atoms with E-state index in [0.717, 1.165) is 24.9 Å². The highest BCUT2D eigenvalue weighted by Crippen LogP contribution is 2.25. The first kappa shape index (κ1) is 21.2. The summed E-state index contributed by atoms with van der Waals surface area (Å²) in [6, 6.07) is 23.4. The van der Waals surface area contributed by atoms with Gasteiger partial charge in [0.1, 0.15) is 0 Å². The van der Waals surface area contributed by atoms with Crippen molar-refractivity contribution in [2.24, 2.45) is 0 Å². The maximum Gasteiger partial charge on any atom is 0.318 e. The normalized spacial score (nSPS) is 14.4. The number of aromatic nitrogens is 1. The minimum absolute atomic E-state index is 0.0408. The lowest BCUT2D eigenvalue weighted by molar-refractivity contribution is 0.149. The van der Waals surface area contributed by atoms with Gasteiger partial charge in [0.05, 0.1) is 6.54 Å². The summed E-state index contributed by atoms with van der Waals surface area (Å²) in [6.45, 7) is 4.16. The van der Waals surface area contributed by atoms with Crippen LogP contribution in [0.4, 0.5) is 4.79 Å². The highest BCUT2D eigenvalue weighted by molar-refractivity contribution is 5.74. The Morgan fingerprint density at radius 1 is 0.968 bits per heavy atom. The third kappa shape index (κ3) is 5.78. The molecule has 1 heterocycles. The summed E-state index contributed by atoms with van der Waals surface area (Å²) in [5.41, 5.74) is 4.87. The lowest BCUT2D eigenvalue weighted by Crippen LogP contribution is -2.46. The number of hydrogen-bond acceptors (Lipinski definition) is 1. The summed E-state index contributed by atoms with van der Waals surface area (Å²) in [6.07, 6.45) is 8.00. The third-order valence-corrected chi connectivity index (χ3v) is 6.25. The van der Waals surface area contributed by atoms with Crippen LogP contribution >= 0.6 is 0 Å². The van der Waals surface area contributed by atoms with Gasteiger partial charge in [-0.1, -0.05) is 79.4 Å². The van der Waals surface area contributed by atoms with E-state index >= 15 is 0 Å². The SMILES string of the molecule is Cc1cccc(Cn2cccc2CN(C(=O)NCc2ccccc2)C2CCCCC2)c1. The maximum atomic E-state index is 13.3. The number of rotatable bonds is 7. The van der Waals surface area contributed by atoms with Crippen LogP contribution in [0.25, 0.3) is 0 Å². The number of hydrogen-bond donors (Lipinski definition) is 1. The van der Waals surface area contributed by atoms with Crippen LogP contribution in [0.1, 0.15) is 54.5 Å². The van der Waals surface area contributed by atoms with Gasteiger partial charge in [0.15, 0.2) is 0 Å². The van der Waals surface area contributed by atoms with Crippen LogP contribution in [0.5, 0.6) is 0 Å². The van der Waals surface area contributed by atoms with E-state index in [1.165, 1.54) is 36.1 Å². The summed E-state index contributed by atoms with van der Waals surface area (Å²) in [7, 11) is 0. The van der Waals surface area contributed by atoms with E-state index in [1.54, 1.807) is 0 Å². The highest BCUT2D eigenvalue weighted by Gasteiger charge is 2.26. The predicted molar refractivity (Wildman–Crippen MR) is 126 cm³/mol. The molecular formula is C27H33N3O. The van der Waals surface area contributed by atoms with Crippen molar-refractivity contribution >= 4 is 6.03 Å². The largest absolute Gasteiger partial charge is 0.345 e. The molecule has 3 aromatic rings. The van der Waals surface area contributed by atoms with Crippen molar-refractivity contribution in [3.63, 3.8) is 0 Å². The molecule has 2 aromatic carbocycles. The van der Waals surface area contributed by atoms with Crippen LogP contribution < -0.4 is 5.32 Å².